The van der Waals surface area contributed by atoms with Gasteiger partial charge in [0, 0.05) is 25.9 Å². The van der Waals surface area contributed by atoms with E-state index in [1.54, 1.807) is 16.9 Å². The second kappa shape index (κ2) is 10.2. The number of nitrogens with one attached hydrogen (secondary N) is 2. The van der Waals surface area contributed by atoms with E-state index in [9.17, 15) is 23.4 Å². The maximum absolute atomic E-state index is 13.2. The van der Waals surface area contributed by atoms with Gasteiger partial charge in [-0.1, -0.05) is 30.3 Å². The van der Waals surface area contributed by atoms with Crippen molar-refractivity contribution in [1.82, 2.24) is 24.5 Å². The summed E-state index contributed by atoms with van der Waals surface area (Å²) in [7, 11) is -2.91. The topological polar surface area (TPSA) is 169 Å². The zero-order chi connectivity index (χ0) is 25.2. The van der Waals surface area contributed by atoms with E-state index in [4.69, 9.17) is 4.18 Å². The van der Waals surface area contributed by atoms with Gasteiger partial charge in [0.05, 0.1) is 17.6 Å². The Labute approximate surface area is 202 Å². The quantitative estimate of drug-likeness (QED) is 0.298. The molecule has 0 unspecified atom stereocenters. The van der Waals surface area contributed by atoms with E-state index in [0.717, 1.165) is 5.56 Å². The van der Waals surface area contributed by atoms with Crippen molar-refractivity contribution in [2.24, 2.45) is 0 Å². The third-order valence-corrected chi connectivity index (χ3v) is 6.93. The molecule has 0 spiro atoms. The molecule has 3 aromatic rings. The summed E-state index contributed by atoms with van der Waals surface area (Å²) in [6.07, 6.45) is 0.201. The summed E-state index contributed by atoms with van der Waals surface area (Å²) in [6, 6.07) is 10.4. The number of benzene rings is 1. The van der Waals surface area contributed by atoms with Gasteiger partial charge in [-0.2, -0.15) is 18.2 Å². The SMILES string of the molecule is CNS(=O)(=O)O[C@@H]1C[C@@H](Nc2ncncc2C(=O)c2ccn([C@@H](C)c3ccccc3)n2)[C@H](O)[C@H]1O. The number of anilines is 1. The molecule has 0 amide bonds. The van der Waals surface area contributed by atoms with Crippen LogP contribution in [0.2, 0.25) is 0 Å². The Bertz CT molecular complexity index is 1280. The van der Waals surface area contributed by atoms with Crippen molar-refractivity contribution in [2.75, 3.05) is 12.4 Å². The molecule has 1 aliphatic carbocycles. The van der Waals surface area contributed by atoms with Crippen molar-refractivity contribution in [2.45, 2.75) is 43.7 Å². The summed E-state index contributed by atoms with van der Waals surface area (Å²) in [4.78, 5) is 21.3. The highest BCUT2D eigenvalue weighted by Crippen LogP contribution is 2.28. The molecule has 5 atom stereocenters. The normalized spacial score (nSPS) is 23.2. The number of carbonyl (C=O) groups excluding carboxylic acids is 1. The van der Waals surface area contributed by atoms with Gasteiger partial charge in [-0.3, -0.25) is 13.7 Å². The van der Waals surface area contributed by atoms with Crippen molar-refractivity contribution in [1.29, 1.82) is 0 Å². The fourth-order valence-electron chi connectivity index (χ4n) is 3.92. The van der Waals surface area contributed by atoms with Crippen LogP contribution in [-0.4, -0.2) is 75.6 Å². The number of aliphatic hydroxyl groups excluding tert-OH is 2. The zero-order valence-electron chi connectivity index (χ0n) is 19.0. The van der Waals surface area contributed by atoms with E-state index in [1.165, 1.54) is 19.6 Å². The van der Waals surface area contributed by atoms with Gasteiger partial charge < -0.3 is 15.5 Å². The average molecular weight is 503 g/mol. The molecule has 1 saturated carbocycles. The first-order chi connectivity index (χ1) is 16.7. The highest BCUT2D eigenvalue weighted by Gasteiger charge is 2.44. The summed E-state index contributed by atoms with van der Waals surface area (Å²) < 4.78 is 32.0. The summed E-state index contributed by atoms with van der Waals surface area (Å²) in [6.45, 7) is 1.97. The van der Waals surface area contributed by atoms with Crippen LogP contribution in [0.15, 0.2) is 55.1 Å². The van der Waals surface area contributed by atoms with E-state index in [0.29, 0.717) is 0 Å². The van der Waals surface area contributed by atoms with Crippen LogP contribution in [-0.2, 0) is 14.5 Å². The molecule has 4 N–H and O–H groups in total. The van der Waals surface area contributed by atoms with Crippen LogP contribution in [0.4, 0.5) is 5.82 Å². The van der Waals surface area contributed by atoms with Crippen LogP contribution in [0, 0.1) is 0 Å². The number of ketones is 1. The van der Waals surface area contributed by atoms with Gasteiger partial charge in [0.25, 0.3) is 0 Å². The van der Waals surface area contributed by atoms with E-state index in [-0.39, 0.29) is 29.5 Å². The van der Waals surface area contributed by atoms with Gasteiger partial charge in [0.15, 0.2) is 0 Å². The van der Waals surface area contributed by atoms with Crippen LogP contribution >= 0.6 is 0 Å². The number of nitrogens with zero attached hydrogens (tertiary/aromatic N) is 4. The molecule has 1 fully saturated rings. The Morgan fingerprint density at radius 3 is 2.66 bits per heavy atom. The molecule has 1 aliphatic rings. The van der Waals surface area contributed by atoms with E-state index in [2.05, 4.69) is 20.4 Å². The Kier molecular flexibility index (Phi) is 7.23. The largest absolute Gasteiger partial charge is 0.388 e. The predicted octanol–water partition coefficient (Wildman–Crippen LogP) is 0.269. The molecule has 13 heteroatoms. The fraction of sp³-hybridized carbons (Fsp3) is 0.364. The van der Waals surface area contributed by atoms with Crippen molar-refractivity contribution in [3.63, 3.8) is 0 Å². The third kappa shape index (κ3) is 5.39. The number of carbonyl (C=O) groups is 1. The highest BCUT2D eigenvalue weighted by atomic mass is 32.2. The fourth-order valence-corrected chi connectivity index (χ4v) is 4.54. The van der Waals surface area contributed by atoms with Crippen LogP contribution in [0.1, 0.15) is 41.0 Å². The molecule has 1 aromatic carbocycles. The van der Waals surface area contributed by atoms with Gasteiger partial charge in [-0.05, 0) is 18.6 Å². The molecule has 35 heavy (non-hydrogen) atoms. The average Bonchev–Trinajstić information content (AvgIpc) is 3.45. The minimum absolute atomic E-state index is 0.0515. The molecule has 2 heterocycles. The zero-order valence-corrected chi connectivity index (χ0v) is 19.8. The summed E-state index contributed by atoms with van der Waals surface area (Å²) in [5.74, 6) is -0.324. The highest BCUT2D eigenvalue weighted by molar-refractivity contribution is 7.84. The Hall–Kier alpha value is -3.23. The first-order valence-corrected chi connectivity index (χ1v) is 12.3. The smallest absolute Gasteiger partial charge is 0.335 e. The monoisotopic (exact) mass is 502 g/mol. The minimum Gasteiger partial charge on any atom is -0.388 e. The lowest BCUT2D eigenvalue weighted by atomic mass is 10.1. The molecule has 2 aromatic heterocycles. The number of aromatic nitrogens is 4. The van der Waals surface area contributed by atoms with Gasteiger partial charge >= 0.3 is 10.3 Å². The molecule has 12 nitrogen and oxygen atoms in total. The summed E-state index contributed by atoms with van der Waals surface area (Å²) in [5.41, 5.74) is 1.32. The number of hydrogen-bond acceptors (Lipinski definition) is 10. The summed E-state index contributed by atoms with van der Waals surface area (Å²) in [5, 5.41) is 28.0. The van der Waals surface area contributed by atoms with Crippen molar-refractivity contribution in [3.8, 4) is 0 Å². The van der Waals surface area contributed by atoms with Crippen LogP contribution in [0.25, 0.3) is 0 Å². The third-order valence-electron chi connectivity index (χ3n) is 5.93. The van der Waals surface area contributed by atoms with Gasteiger partial charge in [0.2, 0.25) is 5.78 Å². The van der Waals surface area contributed by atoms with E-state index in [1.807, 2.05) is 42.0 Å². The lowest BCUT2D eigenvalue weighted by Gasteiger charge is -2.19. The lowest BCUT2D eigenvalue weighted by Crippen LogP contribution is -2.38. The van der Waals surface area contributed by atoms with Crippen molar-refractivity contribution >= 4 is 21.9 Å². The number of hydrogen-bond donors (Lipinski definition) is 4. The minimum atomic E-state index is -4.08. The van der Waals surface area contributed by atoms with Crippen molar-refractivity contribution in [3.05, 3.63) is 71.9 Å². The molecule has 4 rings (SSSR count). The molecule has 0 saturated heterocycles. The second-order valence-electron chi connectivity index (χ2n) is 8.14. The number of aliphatic hydroxyl groups is 2. The van der Waals surface area contributed by atoms with Crippen molar-refractivity contribution < 1.29 is 27.6 Å². The van der Waals surface area contributed by atoms with Gasteiger partial charge in [0.1, 0.15) is 36.2 Å². The molecule has 0 bridgehead atoms. The Morgan fingerprint density at radius 1 is 1.20 bits per heavy atom. The van der Waals surface area contributed by atoms with Crippen LogP contribution < -0.4 is 10.0 Å². The summed E-state index contributed by atoms with van der Waals surface area (Å²) >= 11 is 0. The standard InChI is InChI=1S/C22H26N6O6S/c1-13(14-6-4-3-5-7-14)28-9-8-16(27-28)19(29)15-11-24-12-25-22(15)26-17-10-18(21(31)20(17)30)34-35(32,33)23-2/h3-9,11-13,17-18,20-21,23,30-31H,10H2,1-2H3,(H,24,25,26)/t13-,17+,18+,20-,21-/m0/s1. The van der Waals surface area contributed by atoms with E-state index >= 15 is 0 Å². The van der Waals surface area contributed by atoms with Gasteiger partial charge in [-0.25, -0.2) is 9.97 Å². The predicted molar refractivity (Wildman–Crippen MR) is 125 cm³/mol. The molecular weight excluding hydrogens is 476 g/mol. The van der Waals surface area contributed by atoms with Gasteiger partial charge in [-0.15, -0.1) is 0 Å². The van der Waals surface area contributed by atoms with E-state index < -0.39 is 40.4 Å². The van der Waals surface area contributed by atoms with Crippen LogP contribution in [0.5, 0.6) is 0 Å². The number of rotatable bonds is 9. The molecular formula is C22H26N6O6S. The maximum Gasteiger partial charge on any atom is 0.335 e. The first kappa shape index (κ1) is 24.9. The second-order valence-corrected chi connectivity index (χ2v) is 9.65. The molecule has 0 radical (unpaired) electrons. The molecule has 0 aliphatic heterocycles. The Morgan fingerprint density at radius 2 is 1.94 bits per heavy atom. The maximum atomic E-state index is 13.2. The lowest BCUT2D eigenvalue weighted by molar-refractivity contribution is -0.00882. The molecule has 186 valence electrons. The Balaban J connectivity index is 1.52. The van der Waals surface area contributed by atoms with Crippen LogP contribution in [0.3, 0.4) is 0 Å². The first-order valence-electron chi connectivity index (χ1n) is 10.9.